The van der Waals surface area contributed by atoms with E-state index in [9.17, 15) is 0 Å². The maximum atomic E-state index is 5.80. The van der Waals surface area contributed by atoms with E-state index in [-0.39, 0.29) is 0 Å². The van der Waals surface area contributed by atoms with Crippen molar-refractivity contribution in [3.05, 3.63) is 41.6 Å². The van der Waals surface area contributed by atoms with Crippen molar-refractivity contribution in [3.8, 4) is 11.6 Å². The SMILES string of the molecule is CCNc1nccc(Oc2ccc3c(c2)CCC3)n1. The monoisotopic (exact) mass is 255 g/mol. The molecule has 1 aliphatic carbocycles. The standard InChI is InChI=1S/C15H17N3O/c1-2-16-15-17-9-8-14(18-15)19-13-7-6-11-4-3-5-12(11)10-13/h6-10H,2-5H2,1H3,(H,16,17,18). The minimum atomic E-state index is 0.573. The van der Waals surface area contributed by atoms with Gasteiger partial charge in [-0.15, -0.1) is 0 Å². The van der Waals surface area contributed by atoms with Crippen LogP contribution in [0.25, 0.3) is 0 Å². The van der Waals surface area contributed by atoms with E-state index in [0.717, 1.165) is 18.7 Å². The van der Waals surface area contributed by atoms with Gasteiger partial charge >= 0.3 is 0 Å². The Morgan fingerprint density at radius 1 is 1.21 bits per heavy atom. The van der Waals surface area contributed by atoms with Gasteiger partial charge in [-0.05, 0) is 49.4 Å². The lowest BCUT2D eigenvalue weighted by molar-refractivity contribution is 0.462. The molecule has 1 aromatic heterocycles. The van der Waals surface area contributed by atoms with Crippen LogP contribution in [0.15, 0.2) is 30.5 Å². The van der Waals surface area contributed by atoms with Crippen LogP contribution in [0.3, 0.4) is 0 Å². The molecule has 1 heterocycles. The van der Waals surface area contributed by atoms with Crippen LogP contribution in [0.1, 0.15) is 24.5 Å². The Hall–Kier alpha value is -2.10. The van der Waals surface area contributed by atoms with Gasteiger partial charge in [0.1, 0.15) is 5.75 Å². The zero-order valence-electron chi connectivity index (χ0n) is 11.0. The fourth-order valence-corrected chi connectivity index (χ4v) is 2.37. The molecule has 0 bridgehead atoms. The summed E-state index contributed by atoms with van der Waals surface area (Å²) in [6, 6.07) is 8.06. The fourth-order valence-electron chi connectivity index (χ4n) is 2.37. The number of nitrogens with one attached hydrogen (secondary N) is 1. The number of anilines is 1. The Morgan fingerprint density at radius 2 is 2.11 bits per heavy atom. The summed E-state index contributed by atoms with van der Waals surface area (Å²) in [4.78, 5) is 8.43. The molecule has 3 rings (SSSR count). The maximum absolute atomic E-state index is 5.80. The van der Waals surface area contributed by atoms with Crippen LogP contribution in [0.5, 0.6) is 11.6 Å². The fraction of sp³-hybridized carbons (Fsp3) is 0.333. The smallest absolute Gasteiger partial charge is 0.225 e. The van der Waals surface area contributed by atoms with E-state index in [2.05, 4.69) is 27.4 Å². The molecule has 0 fully saturated rings. The summed E-state index contributed by atoms with van der Waals surface area (Å²) in [5.74, 6) is 2.02. The minimum Gasteiger partial charge on any atom is -0.439 e. The van der Waals surface area contributed by atoms with E-state index in [1.807, 2.05) is 13.0 Å². The third kappa shape index (κ3) is 2.67. The number of nitrogens with zero attached hydrogens (tertiary/aromatic N) is 2. The number of ether oxygens (including phenoxy) is 1. The van der Waals surface area contributed by atoms with Crippen molar-refractivity contribution in [1.82, 2.24) is 9.97 Å². The molecular formula is C15H17N3O. The van der Waals surface area contributed by atoms with Crippen molar-refractivity contribution in [2.45, 2.75) is 26.2 Å². The molecule has 0 aliphatic heterocycles. The van der Waals surface area contributed by atoms with Gasteiger partial charge in [-0.2, -0.15) is 4.98 Å². The Balaban J connectivity index is 1.79. The average molecular weight is 255 g/mol. The molecule has 0 amide bonds. The van der Waals surface area contributed by atoms with E-state index < -0.39 is 0 Å². The van der Waals surface area contributed by atoms with Crippen molar-refractivity contribution in [2.75, 3.05) is 11.9 Å². The number of benzene rings is 1. The normalized spacial score (nSPS) is 13.1. The first-order chi connectivity index (χ1) is 9.35. The van der Waals surface area contributed by atoms with Gasteiger partial charge in [0.25, 0.3) is 0 Å². The number of rotatable bonds is 4. The second-order valence-electron chi connectivity index (χ2n) is 4.63. The number of aryl methyl sites for hydroxylation is 2. The van der Waals surface area contributed by atoms with Crippen LogP contribution in [-0.2, 0) is 12.8 Å². The lowest BCUT2D eigenvalue weighted by atomic mass is 10.1. The first kappa shape index (κ1) is 12.0. The zero-order valence-corrected chi connectivity index (χ0v) is 11.0. The largest absolute Gasteiger partial charge is 0.439 e. The van der Waals surface area contributed by atoms with Crippen molar-refractivity contribution >= 4 is 5.95 Å². The van der Waals surface area contributed by atoms with E-state index in [4.69, 9.17) is 4.74 Å². The summed E-state index contributed by atoms with van der Waals surface area (Å²) >= 11 is 0. The summed E-state index contributed by atoms with van der Waals surface area (Å²) in [6.07, 6.45) is 5.29. The molecule has 0 atom stereocenters. The summed E-state index contributed by atoms with van der Waals surface area (Å²) in [5.41, 5.74) is 2.85. The molecule has 19 heavy (non-hydrogen) atoms. The van der Waals surface area contributed by atoms with Gasteiger partial charge in [0.05, 0.1) is 0 Å². The molecule has 0 unspecified atom stereocenters. The van der Waals surface area contributed by atoms with Gasteiger partial charge in [-0.3, -0.25) is 0 Å². The Bertz CT molecular complexity index is 583. The number of aromatic nitrogens is 2. The van der Waals surface area contributed by atoms with Crippen molar-refractivity contribution in [2.24, 2.45) is 0 Å². The van der Waals surface area contributed by atoms with Gasteiger partial charge in [0, 0.05) is 18.8 Å². The Morgan fingerprint density at radius 3 is 3.00 bits per heavy atom. The highest BCUT2D eigenvalue weighted by atomic mass is 16.5. The lowest BCUT2D eigenvalue weighted by Gasteiger charge is -2.08. The Labute approximate surface area is 112 Å². The number of fused-ring (bicyclic) bond motifs is 1. The molecule has 0 spiro atoms. The van der Waals surface area contributed by atoms with Gasteiger partial charge in [-0.25, -0.2) is 4.98 Å². The third-order valence-corrected chi connectivity index (χ3v) is 3.26. The molecule has 1 aliphatic rings. The lowest BCUT2D eigenvalue weighted by Crippen LogP contribution is -2.02. The van der Waals surface area contributed by atoms with Crippen LogP contribution in [0, 0.1) is 0 Å². The van der Waals surface area contributed by atoms with Gasteiger partial charge in [0.15, 0.2) is 0 Å². The van der Waals surface area contributed by atoms with Crippen LogP contribution in [0.2, 0.25) is 0 Å². The quantitative estimate of drug-likeness (QED) is 0.911. The predicted molar refractivity (Wildman–Crippen MR) is 74.7 cm³/mol. The zero-order chi connectivity index (χ0) is 13.1. The highest BCUT2D eigenvalue weighted by Crippen LogP contribution is 2.28. The van der Waals surface area contributed by atoms with Crippen LogP contribution in [0.4, 0.5) is 5.95 Å². The molecule has 0 saturated heterocycles. The van der Waals surface area contributed by atoms with E-state index in [1.165, 1.54) is 24.0 Å². The molecule has 1 aromatic carbocycles. The average Bonchev–Trinajstić information content (AvgIpc) is 2.87. The van der Waals surface area contributed by atoms with Gasteiger partial charge in [-0.1, -0.05) is 6.07 Å². The third-order valence-electron chi connectivity index (χ3n) is 3.26. The molecule has 0 saturated carbocycles. The van der Waals surface area contributed by atoms with Crippen molar-refractivity contribution in [3.63, 3.8) is 0 Å². The van der Waals surface area contributed by atoms with E-state index in [1.54, 1.807) is 12.3 Å². The number of hydrogen-bond donors (Lipinski definition) is 1. The molecule has 2 aromatic rings. The number of hydrogen-bond acceptors (Lipinski definition) is 4. The summed E-state index contributed by atoms with van der Waals surface area (Å²) in [5, 5.41) is 3.07. The summed E-state index contributed by atoms with van der Waals surface area (Å²) < 4.78 is 5.80. The van der Waals surface area contributed by atoms with E-state index in [0.29, 0.717) is 11.8 Å². The van der Waals surface area contributed by atoms with Crippen LogP contribution in [-0.4, -0.2) is 16.5 Å². The first-order valence-electron chi connectivity index (χ1n) is 6.72. The van der Waals surface area contributed by atoms with Crippen molar-refractivity contribution < 1.29 is 4.74 Å². The van der Waals surface area contributed by atoms with Gasteiger partial charge in [0.2, 0.25) is 11.8 Å². The summed E-state index contributed by atoms with van der Waals surface area (Å²) in [7, 11) is 0. The molecule has 4 nitrogen and oxygen atoms in total. The molecule has 1 N–H and O–H groups in total. The second-order valence-corrected chi connectivity index (χ2v) is 4.63. The van der Waals surface area contributed by atoms with E-state index >= 15 is 0 Å². The molecule has 0 radical (unpaired) electrons. The maximum Gasteiger partial charge on any atom is 0.225 e. The second kappa shape index (κ2) is 5.26. The topological polar surface area (TPSA) is 47.0 Å². The first-order valence-corrected chi connectivity index (χ1v) is 6.72. The molecular weight excluding hydrogens is 238 g/mol. The van der Waals surface area contributed by atoms with Crippen molar-refractivity contribution in [1.29, 1.82) is 0 Å². The Kier molecular flexibility index (Phi) is 3.31. The molecule has 98 valence electrons. The van der Waals surface area contributed by atoms with Gasteiger partial charge < -0.3 is 10.1 Å². The molecule has 4 heteroatoms. The predicted octanol–water partition coefficient (Wildman–Crippen LogP) is 3.19. The highest BCUT2D eigenvalue weighted by molar-refractivity contribution is 5.40. The van der Waals surface area contributed by atoms with Crippen LogP contribution < -0.4 is 10.1 Å². The summed E-state index contributed by atoms with van der Waals surface area (Å²) in [6.45, 7) is 2.81. The van der Waals surface area contributed by atoms with Crippen LogP contribution >= 0.6 is 0 Å². The highest BCUT2D eigenvalue weighted by Gasteiger charge is 2.11. The minimum absolute atomic E-state index is 0.573.